The van der Waals surface area contributed by atoms with E-state index in [2.05, 4.69) is 16.0 Å². The number of carbonyl (C=O) groups is 2. The average molecular weight is 321 g/mol. The summed E-state index contributed by atoms with van der Waals surface area (Å²) in [6, 6.07) is 6.94. The average Bonchev–Trinajstić information content (AvgIpc) is 2.51. The van der Waals surface area contributed by atoms with Crippen molar-refractivity contribution in [3.05, 3.63) is 29.8 Å². The lowest BCUT2D eigenvalue weighted by Crippen LogP contribution is -2.33. The van der Waals surface area contributed by atoms with Crippen LogP contribution in [-0.2, 0) is 4.79 Å². The summed E-state index contributed by atoms with van der Waals surface area (Å²) in [6.45, 7) is 4.69. The summed E-state index contributed by atoms with van der Waals surface area (Å²) in [5.41, 5.74) is 1.32. The van der Waals surface area contributed by atoms with Gasteiger partial charge in [0.25, 0.3) is 5.91 Å². The molecule has 0 bridgehead atoms. The zero-order chi connectivity index (χ0) is 16.4. The Morgan fingerprint density at radius 3 is 2.36 bits per heavy atom. The maximum atomic E-state index is 11.8. The van der Waals surface area contributed by atoms with E-state index >= 15 is 0 Å². The van der Waals surface area contributed by atoms with Gasteiger partial charge in [-0.1, -0.05) is 20.3 Å². The number of hydrogen-bond acceptors (Lipinski definition) is 3. The predicted octanol–water partition coefficient (Wildman–Crippen LogP) is 2.83. The summed E-state index contributed by atoms with van der Waals surface area (Å²) in [7, 11) is 0. The number of amides is 2. The lowest BCUT2D eigenvalue weighted by atomic mass is 10.2. The van der Waals surface area contributed by atoms with Gasteiger partial charge in [0.2, 0.25) is 5.91 Å². The van der Waals surface area contributed by atoms with Gasteiger partial charge in [-0.15, -0.1) is 0 Å². The van der Waals surface area contributed by atoms with Crippen molar-refractivity contribution in [1.29, 1.82) is 0 Å². The van der Waals surface area contributed by atoms with E-state index in [1.54, 1.807) is 24.3 Å². The molecule has 0 aliphatic heterocycles. The Kier molecular flexibility index (Phi) is 8.14. The van der Waals surface area contributed by atoms with Crippen LogP contribution in [0.2, 0.25) is 0 Å². The molecule has 3 N–H and O–H groups in total. The minimum absolute atomic E-state index is 0.0880. The number of anilines is 1. The second-order valence-electron chi connectivity index (χ2n) is 4.94. The van der Waals surface area contributed by atoms with E-state index in [0.29, 0.717) is 18.5 Å². The standard InChI is InChI=1S/C16H23N3O2S/c1-3-5-6-14(20)19-16(22)18-13-9-7-12(8-10-13)15(21)17-11-4-2/h7-10H,3-6,11H2,1-2H3,(H,17,21)(H2,18,19,20,22). The summed E-state index contributed by atoms with van der Waals surface area (Å²) in [6.07, 6.45) is 3.18. The molecule has 6 heteroatoms. The minimum Gasteiger partial charge on any atom is -0.352 e. The fraction of sp³-hybridized carbons (Fsp3) is 0.438. The summed E-state index contributed by atoms with van der Waals surface area (Å²) in [5.74, 6) is -0.182. The fourth-order valence-electron chi connectivity index (χ4n) is 1.73. The molecule has 120 valence electrons. The molecule has 0 aliphatic rings. The first-order chi connectivity index (χ1) is 10.6. The van der Waals surface area contributed by atoms with E-state index < -0.39 is 0 Å². The van der Waals surface area contributed by atoms with Crippen molar-refractivity contribution < 1.29 is 9.59 Å². The van der Waals surface area contributed by atoms with Crippen LogP contribution >= 0.6 is 12.2 Å². The molecule has 0 aromatic heterocycles. The quantitative estimate of drug-likeness (QED) is 0.675. The molecule has 0 saturated carbocycles. The molecule has 1 rings (SSSR count). The van der Waals surface area contributed by atoms with E-state index in [1.165, 1.54) is 0 Å². The molecule has 0 aliphatic carbocycles. The summed E-state index contributed by atoms with van der Waals surface area (Å²) >= 11 is 5.08. The van der Waals surface area contributed by atoms with Crippen molar-refractivity contribution in [2.45, 2.75) is 39.5 Å². The highest BCUT2D eigenvalue weighted by Crippen LogP contribution is 2.09. The Morgan fingerprint density at radius 1 is 1.09 bits per heavy atom. The van der Waals surface area contributed by atoms with Crippen LogP contribution in [-0.4, -0.2) is 23.5 Å². The van der Waals surface area contributed by atoms with Crippen LogP contribution in [0.25, 0.3) is 0 Å². The van der Waals surface area contributed by atoms with E-state index in [9.17, 15) is 9.59 Å². The molecule has 0 radical (unpaired) electrons. The van der Waals surface area contributed by atoms with Gasteiger partial charge in [0.05, 0.1) is 0 Å². The molecule has 0 fully saturated rings. The fourth-order valence-corrected chi connectivity index (χ4v) is 1.97. The van der Waals surface area contributed by atoms with Crippen molar-refractivity contribution >= 4 is 34.8 Å². The number of thiocarbonyl (C=S) groups is 1. The minimum atomic E-state index is -0.0937. The van der Waals surface area contributed by atoms with Crippen LogP contribution in [0.5, 0.6) is 0 Å². The first-order valence-electron chi connectivity index (χ1n) is 7.56. The monoisotopic (exact) mass is 321 g/mol. The van der Waals surface area contributed by atoms with Crippen LogP contribution in [0.15, 0.2) is 24.3 Å². The number of carbonyl (C=O) groups excluding carboxylic acids is 2. The number of rotatable bonds is 7. The van der Waals surface area contributed by atoms with E-state index in [4.69, 9.17) is 12.2 Å². The Labute approximate surface area is 136 Å². The third kappa shape index (κ3) is 6.67. The van der Waals surface area contributed by atoms with E-state index in [1.807, 2.05) is 13.8 Å². The molecule has 0 unspecified atom stereocenters. The number of unbranched alkanes of at least 4 members (excludes halogenated alkanes) is 1. The zero-order valence-electron chi connectivity index (χ0n) is 13.1. The van der Waals surface area contributed by atoms with Crippen molar-refractivity contribution in [2.24, 2.45) is 0 Å². The molecule has 22 heavy (non-hydrogen) atoms. The van der Waals surface area contributed by atoms with Gasteiger partial charge in [-0.3, -0.25) is 9.59 Å². The van der Waals surface area contributed by atoms with Crippen LogP contribution in [0.3, 0.4) is 0 Å². The van der Waals surface area contributed by atoms with E-state index in [0.717, 1.165) is 24.9 Å². The van der Waals surface area contributed by atoms with Crippen molar-refractivity contribution in [2.75, 3.05) is 11.9 Å². The van der Waals surface area contributed by atoms with Gasteiger partial charge in [-0.05, 0) is 49.3 Å². The Hall–Kier alpha value is -1.95. The van der Waals surface area contributed by atoms with Crippen LogP contribution in [0.1, 0.15) is 49.9 Å². The summed E-state index contributed by atoms with van der Waals surface area (Å²) in [4.78, 5) is 23.3. The van der Waals surface area contributed by atoms with Gasteiger partial charge in [0, 0.05) is 24.2 Å². The van der Waals surface area contributed by atoms with E-state index in [-0.39, 0.29) is 16.9 Å². The van der Waals surface area contributed by atoms with Crippen LogP contribution in [0.4, 0.5) is 5.69 Å². The first kappa shape index (κ1) is 18.1. The molecule has 0 atom stereocenters. The van der Waals surface area contributed by atoms with Crippen molar-refractivity contribution in [3.63, 3.8) is 0 Å². The molecular weight excluding hydrogens is 298 g/mol. The second-order valence-corrected chi connectivity index (χ2v) is 5.35. The molecule has 5 nitrogen and oxygen atoms in total. The van der Waals surface area contributed by atoms with Crippen molar-refractivity contribution in [1.82, 2.24) is 10.6 Å². The van der Waals surface area contributed by atoms with Gasteiger partial charge in [-0.2, -0.15) is 0 Å². The molecule has 0 spiro atoms. The number of benzene rings is 1. The number of nitrogens with one attached hydrogen (secondary N) is 3. The van der Waals surface area contributed by atoms with Crippen molar-refractivity contribution in [3.8, 4) is 0 Å². The highest BCUT2D eigenvalue weighted by molar-refractivity contribution is 7.80. The maximum absolute atomic E-state index is 11.8. The van der Waals surface area contributed by atoms with Gasteiger partial charge >= 0.3 is 0 Å². The second kappa shape index (κ2) is 9.89. The normalized spacial score (nSPS) is 9.91. The Balaban J connectivity index is 2.48. The summed E-state index contributed by atoms with van der Waals surface area (Å²) in [5, 5.41) is 8.64. The predicted molar refractivity (Wildman–Crippen MR) is 93.0 cm³/mol. The highest BCUT2D eigenvalue weighted by Gasteiger charge is 2.06. The first-order valence-corrected chi connectivity index (χ1v) is 7.96. The molecule has 0 saturated heterocycles. The van der Waals surface area contributed by atoms with Gasteiger partial charge in [0.15, 0.2) is 5.11 Å². The topological polar surface area (TPSA) is 70.2 Å². The van der Waals surface area contributed by atoms with Crippen LogP contribution in [0, 0.1) is 0 Å². The Bertz CT molecular complexity index is 515. The molecule has 0 heterocycles. The van der Waals surface area contributed by atoms with Gasteiger partial charge in [0.1, 0.15) is 0 Å². The SMILES string of the molecule is CCCCC(=O)NC(=S)Nc1ccc(C(=O)NCCC)cc1. The Morgan fingerprint density at radius 2 is 1.77 bits per heavy atom. The molecule has 2 amide bonds. The molecule has 1 aromatic carbocycles. The third-order valence-electron chi connectivity index (χ3n) is 2.95. The van der Waals surface area contributed by atoms with Gasteiger partial charge in [-0.25, -0.2) is 0 Å². The lowest BCUT2D eigenvalue weighted by molar-refractivity contribution is -0.119. The lowest BCUT2D eigenvalue weighted by Gasteiger charge is -2.10. The maximum Gasteiger partial charge on any atom is 0.251 e. The smallest absolute Gasteiger partial charge is 0.251 e. The molecule has 1 aromatic rings. The molecular formula is C16H23N3O2S. The largest absolute Gasteiger partial charge is 0.352 e. The van der Waals surface area contributed by atoms with Crippen LogP contribution < -0.4 is 16.0 Å². The summed E-state index contributed by atoms with van der Waals surface area (Å²) < 4.78 is 0. The third-order valence-corrected chi connectivity index (χ3v) is 3.15. The highest BCUT2D eigenvalue weighted by atomic mass is 32.1. The zero-order valence-corrected chi connectivity index (χ0v) is 13.9. The van der Waals surface area contributed by atoms with Gasteiger partial charge < -0.3 is 16.0 Å². The number of hydrogen-bond donors (Lipinski definition) is 3.